The zero-order valence-electron chi connectivity index (χ0n) is 13.5. The summed E-state index contributed by atoms with van der Waals surface area (Å²) in [6.07, 6.45) is -0.465. The normalized spacial score (nSPS) is 10.4. The number of benzene rings is 1. The molecule has 2 N–H and O–H groups in total. The van der Waals surface area contributed by atoms with Crippen molar-refractivity contribution in [2.24, 2.45) is 0 Å². The van der Waals surface area contributed by atoms with Crippen LogP contribution in [0.3, 0.4) is 0 Å². The molecular weight excluding hydrogens is 288 g/mol. The molecule has 0 bridgehead atoms. The number of hydrogen-bond donors (Lipinski definition) is 2. The lowest BCUT2D eigenvalue weighted by atomic mass is 10.2. The van der Waals surface area contributed by atoms with Gasteiger partial charge in [-0.05, 0) is 26.0 Å². The van der Waals surface area contributed by atoms with Crippen LogP contribution in [0.1, 0.15) is 13.8 Å². The van der Waals surface area contributed by atoms with Gasteiger partial charge in [-0.3, -0.25) is 0 Å². The SMILES string of the molecule is CCOC(CNC(=O)Nc1cc(OC)ccc1OC)OCC. The standard InChI is InChI=1S/C15H24N2O5/c1-5-21-14(22-6-2)10-16-15(18)17-12-9-11(19-3)7-8-13(12)20-4/h7-9,14H,5-6,10H2,1-4H3,(H2,16,17,18). The lowest BCUT2D eigenvalue weighted by Crippen LogP contribution is -2.37. The predicted molar refractivity (Wildman–Crippen MR) is 83.6 cm³/mol. The molecule has 7 nitrogen and oxygen atoms in total. The molecule has 1 aromatic carbocycles. The van der Waals surface area contributed by atoms with Gasteiger partial charge in [-0.25, -0.2) is 4.79 Å². The molecule has 2 amide bonds. The highest BCUT2D eigenvalue weighted by molar-refractivity contribution is 5.91. The molecule has 0 atom stereocenters. The number of ether oxygens (including phenoxy) is 4. The number of urea groups is 1. The summed E-state index contributed by atoms with van der Waals surface area (Å²) in [5.74, 6) is 1.17. The highest BCUT2D eigenvalue weighted by atomic mass is 16.7. The molecule has 1 aromatic rings. The van der Waals surface area contributed by atoms with Gasteiger partial charge in [0.15, 0.2) is 6.29 Å². The minimum absolute atomic E-state index is 0.250. The monoisotopic (exact) mass is 312 g/mol. The first kappa shape index (κ1) is 18.1. The summed E-state index contributed by atoms with van der Waals surface area (Å²) in [6, 6.07) is 4.77. The van der Waals surface area contributed by atoms with E-state index in [0.29, 0.717) is 30.4 Å². The highest BCUT2D eigenvalue weighted by Gasteiger charge is 2.12. The predicted octanol–water partition coefficient (Wildman–Crippen LogP) is 2.22. The first-order chi connectivity index (χ1) is 10.6. The molecule has 1 rings (SSSR count). The number of carbonyl (C=O) groups is 1. The van der Waals surface area contributed by atoms with Gasteiger partial charge in [-0.1, -0.05) is 0 Å². The lowest BCUT2D eigenvalue weighted by Gasteiger charge is -2.18. The summed E-state index contributed by atoms with van der Waals surface area (Å²) in [5.41, 5.74) is 0.517. The van der Waals surface area contributed by atoms with Gasteiger partial charge in [0.05, 0.1) is 26.5 Å². The Balaban J connectivity index is 2.60. The Labute approximate surface area is 130 Å². The Kier molecular flexibility index (Phi) is 8.09. The van der Waals surface area contributed by atoms with Gasteiger partial charge in [0.2, 0.25) is 0 Å². The van der Waals surface area contributed by atoms with E-state index in [1.807, 2.05) is 13.8 Å². The van der Waals surface area contributed by atoms with Gasteiger partial charge in [-0.15, -0.1) is 0 Å². The van der Waals surface area contributed by atoms with E-state index in [-0.39, 0.29) is 12.6 Å². The first-order valence-electron chi connectivity index (χ1n) is 7.14. The topological polar surface area (TPSA) is 78.1 Å². The molecule has 0 unspecified atom stereocenters. The van der Waals surface area contributed by atoms with Crippen LogP contribution in [0.15, 0.2) is 18.2 Å². The first-order valence-corrected chi connectivity index (χ1v) is 7.14. The average molecular weight is 312 g/mol. The fourth-order valence-electron chi connectivity index (χ4n) is 1.79. The highest BCUT2D eigenvalue weighted by Crippen LogP contribution is 2.28. The van der Waals surface area contributed by atoms with Crippen LogP contribution in [0.25, 0.3) is 0 Å². The fraction of sp³-hybridized carbons (Fsp3) is 0.533. The average Bonchev–Trinajstić information content (AvgIpc) is 2.53. The Morgan fingerprint density at radius 2 is 1.82 bits per heavy atom. The van der Waals surface area contributed by atoms with Gasteiger partial charge in [0.25, 0.3) is 0 Å². The summed E-state index contributed by atoms with van der Waals surface area (Å²) < 4.78 is 21.0. The van der Waals surface area contributed by atoms with Crippen molar-refractivity contribution in [2.45, 2.75) is 20.1 Å². The third-order valence-electron chi connectivity index (χ3n) is 2.79. The zero-order chi connectivity index (χ0) is 16.4. The summed E-state index contributed by atoms with van der Waals surface area (Å²) in [7, 11) is 3.09. The quantitative estimate of drug-likeness (QED) is 0.684. The number of hydrogen-bond acceptors (Lipinski definition) is 5. The van der Waals surface area contributed by atoms with Crippen molar-refractivity contribution in [2.75, 3.05) is 39.3 Å². The summed E-state index contributed by atoms with van der Waals surface area (Å²) in [6.45, 7) is 5.01. The molecule has 0 aromatic heterocycles. The number of nitrogens with one attached hydrogen (secondary N) is 2. The Morgan fingerprint density at radius 1 is 1.14 bits per heavy atom. The Hall–Kier alpha value is -1.99. The zero-order valence-corrected chi connectivity index (χ0v) is 13.5. The molecule has 7 heteroatoms. The maximum Gasteiger partial charge on any atom is 0.319 e. The molecule has 124 valence electrons. The van der Waals surface area contributed by atoms with Crippen molar-refractivity contribution < 1.29 is 23.7 Å². The maximum atomic E-state index is 12.0. The number of carbonyl (C=O) groups excluding carboxylic acids is 1. The largest absolute Gasteiger partial charge is 0.497 e. The van der Waals surface area contributed by atoms with E-state index in [0.717, 1.165) is 0 Å². The van der Waals surface area contributed by atoms with Crippen LogP contribution < -0.4 is 20.1 Å². The van der Waals surface area contributed by atoms with Crippen LogP contribution in [-0.2, 0) is 9.47 Å². The molecule has 0 saturated carbocycles. The van der Waals surface area contributed by atoms with Crippen molar-refractivity contribution in [1.29, 1.82) is 0 Å². The van der Waals surface area contributed by atoms with E-state index in [1.54, 1.807) is 25.3 Å². The third-order valence-corrected chi connectivity index (χ3v) is 2.79. The molecule has 22 heavy (non-hydrogen) atoms. The smallest absolute Gasteiger partial charge is 0.319 e. The molecule has 0 saturated heterocycles. The molecular formula is C15H24N2O5. The van der Waals surface area contributed by atoms with E-state index in [1.165, 1.54) is 7.11 Å². The van der Waals surface area contributed by atoms with Crippen LogP contribution in [0.4, 0.5) is 10.5 Å². The van der Waals surface area contributed by atoms with Gasteiger partial charge in [0.1, 0.15) is 11.5 Å². The molecule has 0 spiro atoms. The van der Waals surface area contributed by atoms with Crippen LogP contribution in [-0.4, -0.2) is 46.3 Å². The van der Waals surface area contributed by atoms with Gasteiger partial charge in [-0.2, -0.15) is 0 Å². The molecule has 0 heterocycles. The summed E-state index contributed by atoms with van der Waals surface area (Å²) >= 11 is 0. The molecule has 0 aliphatic rings. The van der Waals surface area contributed by atoms with Crippen molar-refractivity contribution >= 4 is 11.7 Å². The van der Waals surface area contributed by atoms with Gasteiger partial charge >= 0.3 is 6.03 Å². The van der Waals surface area contributed by atoms with Crippen LogP contribution in [0.5, 0.6) is 11.5 Å². The number of rotatable bonds is 9. The van der Waals surface area contributed by atoms with Crippen molar-refractivity contribution in [3.63, 3.8) is 0 Å². The number of anilines is 1. The third kappa shape index (κ3) is 5.79. The summed E-state index contributed by atoms with van der Waals surface area (Å²) in [5, 5.41) is 5.40. The van der Waals surface area contributed by atoms with Crippen LogP contribution >= 0.6 is 0 Å². The van der Waals surface area contributed by atoms with Crippen molar-refractivity contribution in [3.05, 3.63) is 18.2 Å². The van der Waals surface area contributed by atoms with E-state index >= 15 is 0 Å². The Morgan fingerprint density at radius 3 is 2.36 bits per heavy atom. The summed E-state index contributed by atoms with van der Waals surface area (Å²) in [4.78, 5) is 12.0. The number of methoxy groups -OCH3 is 2. The second-order valence-corrected chi connectivity index (χ2v) is 4.24. The van der Waals surface area contributed by atoms with E-state index in [9.17, 15) is 4.79 Å². The molecule has 0 aliphatic carbocycles. The second kappa shape index (κ2) is 9.86. The molecule has 0 fully saturated rings. The minimum Gasteiger partial charge on any atom is -0.497 e. The fourth-order valence-corrected chi connectivity index (χ4v) is 1.79. The van der Waals surface area contributed by atoms with Gasteiger partial charge < -0.3 is 29.6 Å². The molecule has 0 aliphatic heterocycles. The molecule has 0 radical (unpaired) electrons. The van der Waals surface area contributed by atoms with E-state index in [2.05, 4.69) is 10.6 Å². The van der Waals surface area contributed by atoms with Gasteiger partial charge in [0, 0.05) is 19.3 Å². The maximum absolute atomic E-state index is 12.0. The number of amides is 2. The Bertz CT molecular complexity index is 461. The lowest BCUT2D eigenvalue weighted by molar-refractivity contribution is -0.131. The van der Waals surface area contributed by atoms with E-state index in [4.69, 9.17) is 18.9 Å². The van der Waals surface area contributed by atoms with Crippen LogP contribution in [0, 0.1) is 0 Å². The van der Waals surface area contributed by atoms with Crippen molar-refractivity contribution in [1.82, 2.24) is 5.32 Å². The van der Waals surface area contributed by atoms with Crippen LogP contribution in [0.2, 0.25) is 0 Å². The minimum atomic E-state index is -0.465. The van der Waals surface area contributed by atoms with E-state index < -0.39 is 6.29 Å². The van der Waals surface area contributed by atoms with Crippen molar-refractivity contribution in [3.8, 4) is 11.5 Å². The second-order valence-electron chi connectivity index (χ2n) is 4.24.